The fraction of sp³-hybridized carbons (Fsp3) is 0.125. The molecule has 1 amide bonds. The van der Waals surface area contributed by atoms with Gasteiger partial charge in [0.1, 0.15) is 5.75 Å². The van der Waals surface area contributed by atoms with E-state index in [1.54, 1.807) is 25.3 Å². The van der Waals surface area contributed by atoms with Gasteiger partial charge in [0.15, 0.2) is 5.16 Å². The number of nitrogens with zero attached hydrogens (tertiary/aromatic N) is 1. The summed E-state index contributed by atoms with van der Waals surface area (Å²) in [7, 11) is 1.54. The zero-order valence-electron chi connectivity index (χ0n) is 12.6. The van der Waals surface area contributed by atoms with Gasteiger partial charge in [-0.05, 0) is 36.4 Å². The summed E-state index contributed by atoms with van der Waals surface area (Å²) >= 11 is 10.7. The van der Waals surface area contributed by atoms with E-state index in [4.69, 9.17) is 16.3 Å². The number of hydrogen-bond donors (Lipinski definition) is 2. The van der Waals surface area contributed by atoms with Gasteiger partial charge in [0.05, 0.1) is 29.6 Å². The fourth-order valence-corrected chi connectivity index (χ4v) is 3.34. The lowest BCUT2D eigenvalue weighted by Crippen LogP contribution is -2.14. The maximum absolute atomic E-state index is 12.2. The minimum absolute atomic E-state index is 0.165. The van der Waals surface area contributed by atoms with Crippen molar-refractivity contribution in [3.05, 3.63) is 45.9 Å². The molecule has 0 bridgehead atoms. The van der Waals surface area contributed by atoms with Crippen LogP contribution in [-0.4, -0.2) is 28.7 Å². The summed E-state index contributed by atoms with van der Waals surface area (Å²) in [5.74, 6) is 0.616. The van der Waals surface area contributed by atoms with E-state index >= 15 is 0 Å². The number of fused-ring (bicyclic) bond motifs is 1. The molecule has 3 aromatic rings. The molecule has 3 rings (SSSR count). The molecular weight excluding hydrogens is 414 g/mol. The van der Waals surface area contributed by atoms with E-state index in [0.717, 1.165) is 15.5 Å². The number of rotatable bonds is 5. The number of anilines is 1. The van der Waals surface area contributed by atoms with Crippen LogP contribution >= 0.6 is 39.3 Å². The summed E-state index contributed by atoms with van der Waals surface area (Å²) in [5.41, 5.74) is 2.32. The molecule has 0 unspecified atom stereocenters. The molecule has 0 atom stereocenters. The highest BCUT2D eigenvalue weighted by Gasteiger charge is 2.11. The van der Waals surface area contributed by atoms with Crippen molar-refractivity contribution in [2.24, 2.45) is 0 Å². The van der Waals surface area contributed by atoms with Crippen LogP contribution in [0.5, 0.6) is 5.75 Å². The van der Waals surface area contributed by atoms with Crippen molar-refractivity contribution in [3.63, 3.8) is 0 Å². The number of carbonyl (C=O) groups excluding carboxylic acids is 1. The number of amides is 1. The van der Waals surface area contributed by atoms with Crippen LogP contribution in [0.15, 0.2) is 46.0 Å². The fourth-order valence-electron chi connectivity index (χ4n) is 2.12. The van der Waals surface area contributed by atoms with Crippen molar-refractivity contribution in [3.8, 4) is 5.75 Å². The molecule has 0 fully saturated rings. The Morgan fingerprint density at radius 3 is 3.00 bits per heavy atom. The van der Waals surface area contributed by atoms with Gasteiger partial charge in [-0.25, -0.2) is 4.98 Å². The first kappa shape index (κ1) is 17.1. The number of H-pyrrole nitrogens is 1. The highest BCUT2D eigenvalue weighted by atomic mass is 79.9. The predicted octanol–water partition coefficient (Wildman–Crippen LogP) is 4.72. The number of imidazole rings is 1. The standard InChI is InChI=1S/C16H13BrClN3O2S/c1-23-14-5-3-10(18)7-13(14)19-15(22)8-24-16-20-11-4-2-9(17)6-12(11)21-16/h2-7H,8H2,1H3,(H,19,22)(H,20,21). The molecule has 24 heavy (non-hydrogen) atoms. The molecule has 1 aromatic heterocycles. The van der Waals surface area contributed by atoms with Crippen molar-refractivity contribution < 1.29 is 9.53 Å². The summed E-state index contributed by atoms with van der Waals surface area (Å²) in [4.78, 5) is 19.8. The molecule has 0 spiro atoms. The van der Waals surface area contributed by atoms with Crippen LogP contribution < -0.4 is 10.1 Å². The van der Waals surface area contributed by atoms with Gasteiger partial charge in [-0.2, -0.15) is 0 Å². The molecule has 0 aliphatic rings. The minimum Gasteiger partial charge on any atom is -0.495 e. The van der Waals surface area contributed by atoms with Crippen LogP contribution in [0.2, 0.25) is 5.02 Å². The number of methoxy groups -OCH3 is 1. The molecular formula is C16H13BrClN3O2S. The van der Waals surface area contributed by atoms with Crippen molar-refractivity contribution in [1.82, 2.24) is 9.97 Å². The number of thioether (sulfide) groups is 1. The van der Waals surface area contributed by atoms with Gasteiger partial charge < -0.3 is 15.0 Å². The third kappa shape index (κ3) is 4.03. The number of aromatic nitrogens is 2. The topological polar surface area (TPSA) is 67.0 Å². The zero-order chi connectivity index (χ0) is 17.1. The highest BCUT2D eigenvalue weighted by Crippen LogP contribution is 2.28. The lowest BCUT2D eigenvalue weighted by atomic mass is 10.3. The summed E-state index contributed by atoms with van der Waals surface area (Å²) in [6.07, 6.45) is 0. The highest BCUT2D eigenvalue weighted by molar-refractivity contribution is 9.10. The van der Waals surface area contributed by atoms with E-state index in [-0.39, 0.29) is 11.7 Å². The Morgan fingerprint density at radius 2 is 2.21 bits per heavy atom. The molecule has 5 nitrogen and oxygen atoms in total. The molecule has 0 saturated heterocycles. The van der Waals surface area contributed by atoms with Crippen molar-refractivity contribution in [1.29, 1.82) is 0 Å². The van der Waals surface area contributed by atoms with Crippen LogP contribution in [0.25, 0.3) is 11.0 Å². The molecule has 0 aliphatic carbocycles. The number of hydrogen-bond acceptors (Lipinski definition) is 4. The summed E-state index contributed by atoms with van der Waals surface area (Å²) in [6.45, 7) is 0. The lowest BCUT2D eigenvalue weighted by Gasteiger charge is -2.10. The first-order valence-electron chi connectivity index (χ1n) is 6.96. The van der Waals surface area contributed by atoms with E-state index in [1.165, 1.54) is 11.8 Å². The second kappa shape index (κ2) is 7.46. The van der Waals surface area contributed by atoms with Crippen LogP contribution in [0.1, 0.15) is 0 Å². The zero-order valence-corrected chi connectivity index (χ0v) is 15.8. The van der Waals surface area contributed by atoms with E-state index in [2.05, 4.69) is 31.2 Å². The number of carbonyl (C=O) groups is 1. The number of halogens is 2. The Hall–Kier alpha value is -1.70. The van der Waals surface area contributed by atoms with E-state index in [1.807, 2.05) is 18.2 Å². The van der Waals surface area contributed by atoms with E-state index in [0.29, 0.717) is 21.6 Å². The lowest BCUT2D eigenvalue weighted by molar-refractivity contribution is -0.113. The number of ether oxygens (including phenoxy) is 1. The smallest absolute Gasteiger partial charge is 0.234 e. The Labute approximate surface area is 156 Å². The Kier molecular flexibility index (Phi) is 5.33. The Morgan fingerprint density at radius 1 is 1.38 bits per heavy atom. The van der Waals surface area contributed by atoms with Gasteiger partial charge in [0.25, 0.3) is 0 Å². The number of benzene rings is 2. The van der Waals surface area contributed by atoms with Crippen molar-refractivity contribution >= 4 is 61.9 Å². The maximum Gasteiger partial charge on any atom is 0.234 e. The van der Waals surface area contributed by atoms with E-state index < -0.39 is 0 Å². The number of nitrogens with one attached hydrogen (secondary N) is 2. The Balaban J connectivity index is 1.65. The summed E-state index contributed by atoms with van der Waals surface area (Å²) in [5, 5.41) is 4.02. The summed E-state index contributed by atoms with van der Waals surface area (Å²) < 4.78 is 6.19. The summed E-state index contributed by atoms with van der Waals surface area (Å²) in [6, 6.07) is 10.9. The average molecular weight is 427 g/mol. The third-order valence-corrected chi connectivity index (χ3v) is 4.80. The molecule has 1 heterocycles. The van der Waals surface area contributed by atoms with Crippen molar-refractivity contribution in [2.75, 3.05) is 18.2 Å². The van der Waals surface area contributed by atoms with Crippen LogP contribution in [0.4, 0.5) is 5.69 Å². The normalized spacial score (nSPS) is 10.8. The first-order valence-corrected chi connectivity index (χ1v) is 9.12. The minimum atomic E-state index is -0.165. The van der Waals surface area contributed by atoms with Gasteiger partial charge >= 0.3 is 0 Å². The number of aromatic amines is 1. The maximum atomic E-state index is 12.2. The molecule has 2 N–H and O–H groups in total. The molecule has 8 heteroatoms. The quantitative estimate of drug-likeness (QED) is 0.579. The molecule has 0 radical (unpaired) electrons. The second-order valence-corrected chi connectivity index (χ2v) is 7.20. The Bertz CT molecular complexity index is 900. The first-order chi connectivity index (χ1) is 11.5. The SMILES string of the molecule is COc1ccc(Cl)cc1NC(=O)CSc1nc2ccc(Br)cc2[nH]1. The van der Waals surface area contributed by atoms with Gasteiger partial charge in [-0.15, -0.1) is 0 Å². The van der Waals surface area contributed by atoms with Crippen molar-refractivity contribution in [2.45, 2.75) is 5.16 Å². The average Bonchev–Trinajstić information content (AvgIpc) is 2.95. The van der Waals surface area contributed by atoms with Crippen LogP contribution in [0.3, 0.4) is 0 Å². The largest absolute Gasteiger partial charge is 0.495 e. The van der Waals surface area contributed by atoms with Gasteiger partial charge in [0.2, 0.25) is 5.91 Å². The molecule has 0 aliphatic heterocycles. The van der Waals surface area contributed by atoms with Gasteiger partial charge in [-0.1, -0.05) is 39.3 Å². The van der Waals surface area contributed by atoms with E-state index in [9.17, 15) is 4.79 Å². The van der Waals surface area contributed by atoms with Gasteiger partial charge in [-0.3, -0.25) is 4.79 Å². The third-order valence-electron chi connectivity index (χ3n) is 3.20. The molecule has 2 aromatic carbocycles. The molecule has 0 saturated carbocycles. The monoisotopic (exact) mass is 425 g/mol. The van der Waals surface area contributed by atoms with Crippen LogP contribution in [0, 0.1) is 0 Å². The van der Waals surface area contributed by atoms with Gasteiger partial charge in [0, 0.05) is 9.50 Å². The predicted molar refractivity (Wildman–Crippen MR) is 101 cm³/mol. The second-order valence-electron chi connectivity index (χ2n) is 4.88. The molecule has 124 valence electrons. The van der Waals surface area contributed by atoms with Crippen LogP contribution in [-0.2, 0) is 4.79 Å².